The minimum Gasteiger partial charge on any atom is -0.496 e. The number of para-hydroxylation sites is 1. The number of aliphatic hydroxyl groups excluding tert-OH is 1. The Morgan fingerprint density at radius 3 is 2.90 bits per heavy atom. The molecule has 0 aliphatic rings. The van der Waals surface area contributed by atoms with Crippen molar-refractivity contribution in [3.05, 3.63) is 48.0 Å². The third-order valence-electron chi connectivity index (χ3n) is 3.29. The Balaban J connectivity index is 1.80. The highest BCUT2D eigenvalue weighted by Gasteiger charge is 2.09. The first-order chi connectivity index (χ1) is 10.2. The van der Waals surface area contributed by atoms with E-state index in [0.717, 1.165) is 23.6 Å². The molecule has 0 bridgehead atoms. The van der Waals surface area contributed by atoms with Gasteiger partial charge in [-0.25, -0.2) is 4.98 Å². The Labute approximate surface area is 125 Å². The van der Waals surface area contributed by atoms with Gasteiger partial charge in [-0.2, -0.15) is 0 Å². The highest BCUT2D eigenvalue weighted by molar-refractivity contribution is 5.32. The van der Waals surface area contributed by atoms with Crippen LogP contribution >= 0.6 is 0 Å². The highest BCUT2D eigenvalue weighted by atomic mass is 16.5. The second-order valence-electron chi connectivity index (χ2n) is 4.83. The minimum absolute atomic E-state index is 0.277. The van der Waals surface area contributed by atoms with E-state index in [9.17, 15) is 5.11 Å². The van der Waals surface area contributed by atoms with Gasteiger partial charge >= 0.3 is 0 Å². The molecular formula is C16H22N2O3. The summed E-state index contributed by atoms with van der Waals surface area (Å²) in [5.41, 5.74) is 0.976. The summed E-state index contributed by atoms with van der Waals surface area (Å²) >= 11 is 0. The van der Waals surface area contributed by atoms with E-state index in [1.807, 2.05) is 42.0 Å². The van der Waals surface area contributed by atoms with E-state index in [1.54, 1.807) is 13.3 Å². The molecule has 1 unspecified atom stereocenters. The lowest BCUT2D eigenvalue weighted by Gasteiger charge is -2.14. The molecule has 0 spiro atoms. The zero-order chi connectivity index (χ0) is 15.1. The van der Waals surface area contributed by atoms with Crippen molar-refractivity contribution in [1.29, 1.82) is 0 Å². The fraction of sp³-hybridized carbons (Fsp3) is 0.438. The summed E-state index contributed by atoms with van der Waals surface area (Å²) in [6.07, 6.45) is 3.92. The summed E-state index contributed by atoms with van der Waals surface area (Å²) in [6, 6.07) is 7.71. The molecule has 21 heavy (non-hydrogen) atoms. The van der Waals surface area contributed by atoms with Crippen LogP contribution in [0.5, 0.6) is 5.75 Å². The van der Waals surface area contributed by atoms with Gasteiger partial charge in [0.1, 0.15) is 11.6 Å². The molecule has 5 heteroatoms. The first-order valence-corrected chi connectivity index (χ1v) is 7.12. The van der Waals surface area contributed by atoms with E-state index in [0.29, 0.717) is 13.2 Å². The molecule has 0 saturated carbocycles. The van der Waals surface area contributed by atoms with Crippen molar-refractivity contribution in [3.63, 3.8) is 0 Å². The number of methoxy groups -OCH3 is 1. The Bertz CT molecular complexity index is 554. The molecule has 0 aliphatic heterocycles. The number of hydrogen-bond acceptors (Lipinski definition) is 4. The summed E-state index contributed by atoms with van der Waals surface area (Å²) in [7, 11) is 1.64. The molecular weight excluding hydrogens is 268 g/mol. The quantitative estimate of drug-likeness (QED) is 0.808. The molecule has 5 nitrogen and oxygen atoms in total. The van der Waals surface area contributed by atoms with Crippen LogP contribution in [-0.4, -0.2) is 34.5 Å². The SMILES string of the molecule is CCc1nccn1CC(O)COCc1ccccc1OC. The zero-order valence-electron chi connectivity index (χ0n) is 12.5. The highest BCUT2D eigenvalue weighted by Crippen LogP contribution is 2.18. The average molecular weight is 290 g/mol. The van der Waals surface area contributed by atoms with Crippen LogP contribution in [0.2, 0.25) is 0 Å². The van der Waals surface area contributed by atoms with Gasteiger partial charge in [-0.05, 0) is 6.07 Å². The number of rotatable bonds is 8. The van der Waals surface area contributed by atoms with Crippen molar-refractivity contribution in [1.82, 2.24) is 9.55 Å². The van der Waals surface area contributed by atoms with Crippen LogP contribution in [0.25, 0.3) is 0 Å². The second-order valence-corrected chi connectivity index (χ2v) is 4.83. The maximum absolute atomic E-state index is 10.0. The van der Waals surface area contributed by atoms with Crippen LogP contribution in [0, 0.1) is 0 Å². The van der Waals surface area contributed by atoms with Crippen molar-refractivity contribution < 1.29 is 14.6 Å². The number of aromatic nitrogens is 2. The molecule has 0 saturated heterocycles. The van der Waals surface area contributed by atoms with Gasteiger partial charge in [-0.15, -0.1) is 0 Å². The fourth-order valence-corrected chi connectivity index (χ4v) is 2.23. The van der Waals surface area contributed by atoms with E-state index in [2.05, 4.69) is 4.98 Å². The fourth-order valence-electron chi connectivity index (χ4n) is 2.23. The zero-order valence-corrected chi connectivity index (χ0v) is 12.5. The summed E-state index contributed by atoms with van der Waals surface area (Å²) in [5.74, 6) is 1.77. The predicted molar refractivity (Wildman–Crippen MR) is 80.3 cm³/mol. The first kappa shape index (κ1) is 15.5. The molecule has 114 valence electrons. The van der Waals surface area contributed by atoms with E-state index >= 15 is 0 Å². The van der Waals surface area contributed by atoms with Crippen molar-refractivity contribution in [2.75, 3.05) is 13.7 Å². The molecule has 2 rings (SSSR count). The number of aryl methyl sites for hydroxylation is 1. The normalized spacial score (nSPS) is 12.3. The summed E-state index contributed by atoms with van der Waals surface area (Å²) in [6.45, 7) is 3.24. The lowest BCUT2D eigenvalue weighted by atomic mass is 10.2. The molecule has 0 amide bonds. The summed E-state index contributed by atoms with van der Waals surface area (Å²) < 4.78 is 12.8. The Kier molecular flexibility index (Phi) is 5.78. The van der Waals surface area contributed by atoms with Gasteiger partial charge in [-0.3, -0.25) is 0 Å². The third kappa shape index (κ3) is 4.31. The van der Waals surface area contributed by atoms with Crippen LogP contribution < -0.4 is 4.74 Å². The van der Waals surface area contributed by atoms with Gasteiger partial charge < -0.3 is 19.1 Å². The molecule has 1 aromatic carbocycles. The van der Waals surface area contributed by atoms with Crippen molar-refractivity contribution in [2.24, 2.45) is 0 Å². The van der Waals surface area contributed by atoms with Gasteiger partial charge in [-0.1, -0.05) is 25.1 Å². The third-order valence-corrected chi connectivity index (χ3v) is 3.29. The lowest BCUT2D eigenvalue weighted by Crippen LogP contribution is -2.22. The number of imidazole rings is 1. The number of hydrogen-bond donors (Lipinski definition) is 1. The van der Waals surface area contributed by atoms with Crippen molar-refractivity contribution in [3.8, 4) is 5.75 Å². The smallest absolute Gasteiger partial charge is 0.124 e. The van der Waals surface area contributed by atoms with Crippen LogP contribution in [-0.2, 0) is 24.3 Å². The van der Waals surface area contributed by atoms with Crippen molar-refractivity contribution >= 4 is 0 Å². The van der Waals surface area contributed by atoms with Gasteiger partial charge in [0.05, 0.1) is 33.0 Å². The molecule has 1 N–H and O–H groups in total. The largest absolute Gasteiger partial charge is 0.496 e. The second kappa shape index (κ2) is 7.81. The Morgan fingerprint density at radius 1 is 1.33 bits per heavy atom. The molecule has 2 aromatic rings. The molecule has 0 radical (unpaired) electrons. The number of nitrogens with zero attached hydrogens (tertiary/aromatic N) is 2. The molecule has 1 atom stereocenters. The molecule has 0 aliphatic carbocycles. The van der Waals surface area contributed by atoms with Gasteiger partial charge in [0.25, 0.3) is 0 Å². The van der Waals surface area contributed by atoms with Crippen LogP contribution in [0.15, 0.2) is 36.7 Å². The van der Waals surface area contributed by atoms with E-state index in [4.69, 9.17) is 9.47 Å². The van der Waals surface area contributed by atoms with Crippen molar-refractivity contribution in [2.45, 2.75) is 32.6 Å². The predicted octanol–water partition coefficient (Wildman–Crippen LogP) is 2.03. The number of benzene rings is 1. The summed E-state index contributed by atoms with van der Waals surface area (Å²) in [4.78, 5) is 4.23. The monoisotopic (exact) mass is 290 g/mol. The minimum atomic E-state index is -0.556. The van der Waals surface area contributed by atoms with E-state index in [-0.39, 0.29) is 6.61 Å². The topological polar surface area (TPSA) is 56.5 Å². The molecule has 1 aromatic heterocycles. The maximum atomic E-state index is 10.0. The van der Waals surface area contributed by atoms with Gasteiger partial charge in [0, 0.05) is 24.4 Å². The molecule has 1 heterocycles. The van der Waals surface area contributed by atoms with Crippen LogP contribution in [0.3, 0.4) is 0 Å². The Morgan fingerprint density at radius 2 is 2.14 bits per heavy atom. The molecule has 0 fully saturated rings. The van der Waals surface area contributed by atoms with E-state index in [1.165, 1.54) is 0 Å². The van der Waals surface area contributed by atoms with Gasteiger partial charge in [0.15, 0.2) is 0 Å². The lowest BCUT2D eigenvalue weighted by molar-refractivity contribution is 0.0194. The van der Waals surface area contributed by atoms with Gasteiger partial charge in [0.2, 0.25) is 0 Å². The Hall–Kier alpha value is -1.85. The first-order valence-electron chi connectivity index (χ1n) is 7.12. The van der Waals surface area contributed by atoms with Crippen LogP contribution in [0.1, 0.15) is 18.3 Å². The summed E-state index contributed by atoms with van der Waals surface area (Å²) in [5, 5.41) is 10.0. The standard InChI is InChI=1S/C16H22N2O3/c1-3-16-17-8-9-18(16)10-14(19)12-21-11-13-6-4-5-7-15(13)20-2/h4-9,14,19H,3,10-12H2,1-2H3. The number of aliphatic hydroxyl groups is 1. The average Bonchev–Trinajstić information content (AvgIpc) is 2.94. The number of ether oxygens (including phenoxy) is 2. The van der Waals surface area contributed by atoms with E-state index < -0.39 is 6.10 Å². The van der Waals surface area contributed by atoms with Crippen LogP contribution in [0.4, 0.5) is 0 Å². The maximum Gasteiger partial charge on any atom is 0.124 e.